The van der Waals surface area contributed by atoms with Crippen molar-refractivity contribution in [2.75, 3.05) is 31.1 Å². The number of anilines is 1. The molecule has 3 N–H and O–H groups in total. The summed E-state index contributed by atoms with van der Waals surface area (Å²) in [4.78, 5) is 8.04. The number of aromatic nitrogens is 1. The Labute approximate surface area is 130 Å². The Kier molecular flexibility index (Phi) is 4.19. The summed E-state index contributed by atoms with van der Waals surface area (Å²) in [7, 11) is -3.62. The predicted octanol–water partition coefficient (Wildman–Crippen LogP) is 0.984. The van der Waals surface area contributed by atoms with E-state index in [4.69, 9.17) is 5.14 Å². The number of rotatable bonds is 4. The number of H-pyrrole nitrogens is 1. The summed E-state index contributed by atoms with van der Waals surface area (Å²) < 4.78 is 22.5. The molecule has 0 atom stereocenters. The normalized spacial score (nSPS) is 16.9. The third kappa shape index (κ3) is 3.49. The molecule has 0 spiro atoms. The van der Waals surface area contributed by atoms with Crippen molar-refractivity contribution in [2.24, 2.45) is 5.14 Å². The van der Waals surface area contributed by atoms with E-state index in [9.17, 15) is 8.42 Å². The van der Waals surface area contributed by atoms with Crippen LogP contribution in [0, 0.1) is 0 Å². The van der Waals surface area contributed by atoms with Crippen molar-refractivity contribution in [2.45, 2.75) is 11.4 Å². The molecule has 3 rings (SSSR count). The Morgan fingerprint density at radius 2 is 1.73 bits per heavy atom. The van der Waals surface area contributed by atoms with Gasteiger partial charge in [0.25, 0.3) is 0 Å². The van der Waals surface area contributed by atoms with Gasteiger partial charge in [-0.25, -0.2) is 13.6 Å². The van der Waals surface area contributed by atoms with Gasteiger partial charge in [-0.2, -0.15) is 0 Å². The summed E-state index contributed by atoms with van der Waals surface area (Å²) in [5, 5.41) is 5.12. The quantitative estimate of drug-likeness (QED) is 0.880. The molecule has 22 heavy (non-hydrogen) atoms. The SMILES string of the molecule is NS(=O)(=O)c1ccc(N2CCN(Cc3ccc[nH]3)CC2)cc1. The molecule has 2 aromatic rings. The highest BCUT2D eigenvalue weighted by atomic mass is 32.2. The van der Waals surface area contributed by atoms with Gasteiger partial charge in [0.2, 0.25) is 10.0 Å². The van der Waals surface area contributed by atoms with Gasteiger partial charge in [-0.15, -0.1) is 0 Å². The summed E-state index contributed by atoms with van der Waals surface area (Å²) in [6.07, 6.45) is 1.94. The van der Waals surface area contributed by atoms with Crippen LogP contribution in [0.5, 0.6) is 0 Å². The highest BCUT2D eigenvalue weighted by molar-refractivity contribution is 7.89. The molecule has 1 aromatic heterocycles. The number of piperazine rings is 1. The van der Waals surface area contributed by atoms with E-state index in [1.54, 1.807) is 12.1 Å². The maximum absolute atomic E-state index is 11.3. The molecule has 1 aliphatic heterocycles. The van der Waals surface area contributed by atoms with Gasteiger partial charge < -0.3 is 9.88 Å². The van der Waals surface area contributed by atoms with Gasteiger partial charge >= 0.3 is 0 Å². The Balaban J connectivity index is 1.59. The van der Waals surface area contributed by atoms with Gasteiger partial charge in [-0.1, -0.05) is 0 Å². The third-order valence-electron chi connectivity index (χ3n) is 3.96. The van der Waals surface area contributed by atoms with E-state index in [2.05, 4.69) is 20.9 Å². The van der Waals surface area contributed by atoms with Crippen LogP contribution >= 0.6 is 0 Å². The first kappa shape index (κ1) is 15.1. The summed E-state index contributed by atoms with van der Waals surface area (Å²) in [5.74, 6) is 0. The van der Waals surface area contributed by atoms with Crippen molar-refractivity contribution in [1.82, 2.24) is 9.88 Å². The maximum Gasteiger partial charge on any atom is 0.238 e. The summed E-state index contributed by atoms with van der Waals surface area (Å²) in [5.41, 5.74) is 2.26. The highest BCUT2D eigenvalue weighted by Crippen LogP contribution is 2.19. The van der Waals surface area contributed by atoms with Crippen molar-refractivity contribution in [1.29, 1.82) is 0 Å². The van der Waals surface area contributed by atoms with Crippen LogP contribution in [0.2, 0.25) is 0 Å². The molecule has 1 aromatic carbocycles. The summed E-state index contributed by atoms with van der Waals surface area (Å²) in [6.45, 7) is 4.75. The molecule has 1 fully saturated rings. The molecule has 0 amide bonds. The number of hydrogen-bond donors (Lipinski definition) is 2. The zero-order valence-electron chi connectivity index (χ0n) is 12.3. The maximum atomic E-state index is 11.3. The lowest BCUT2D eigenvalue weighted by Gasteiger charge is -2.36. The van der Waals surface area contributed by atoms with E-state index < -0.39 is 10.0 Å². The Morgan fingerprint density at radius 1 is 1.05 bits per heavy atom. The molecule has 2 heterocycles. The standard InChI is InChI=1S/C15H20N4O2S/c16-22(20,21)15-5-3-14(4-6-15)19-10-8-18(9-11-19)12-13-2-1-7-17-13/h1-7,17H,8-12H2,(H2,16,20,21). The lowest BCUT2D eigenvalue weighted by molar-refractivity contribution is 0.247. The van der Waals surface area contributed by atoms with Crippen LogP contribution in [0.25, 0.3) is 0 Å². The largest absolute Gasteiger partial charge is 0.369 e. The fourth-order valence-electron chi connectivity index (χ4n) is 2.72. The highest BCUT2D eigenvalue weighted by Gasteiger charge is 2.18. The molecule has 6 nitrogen and oxygen atoms in total. The number of nitrogens with two attached hydrogens (primary N) is 1. The van der Waals surface area contributed by atoms with Crippen molar-refractivity contribution in [3.8, 4) is 0 Å². The van der Waals surface area contributed by atoms with Gasteiger partial charge in [0, 0.05) is 50.3 Å². The fraction of sp³-hybridized carbons (Fsp3) is 0.333. The van der Waals surface area contributed by atoms with Gasteiger partial charge in [-0.3, -0.25) is 4.90 Å². The number of hydrogen-bond acceptors (Lipinski definition) is 4. The summed E-state index contributed by atoms with van der Waals surface area (Å²) in [6, 6.07) is 10.9. The van der Waals surface area contributed by atoms with Crippen molar-refractivity contribution < 1.29 is 8.42 Å². The van der Waals surface area contributed by atoms with Crippen LogP contribution < -0.4 is 10.0 Å². The van der Waals surface area contributed by atoms with Crippen molar-refractivity contribution in [3.05, 3.63) is 48.3 Å². The molecular formula is C15H20N4O2S. The molecule has 118 valence electrons. The van der Waals surface area contributed by atoms with Gasteiger partial charge in [0.05, 0.1) is 4.90 Å². The van der Waals surface area contributed by atoms with E-state index in [1.165, 1.54) is 5.69 Å². The molecule has 0 saturated carbocycles. The third-order valence-corrected chi connectivity index (χ3v) is 4.89. The fourth-order valence-corrected chi connectivity index (χ4v) is 3.23. The number of sulfonamides is 1. The number of nitrogens with zero attached hydrogens (tertiary/aromatic N) is 2. The van der Waals surface area contributed by atoms with Gasteiger partial charge in [0.1, 0.15) is 0 Å². The molecule has 0 aliphatic carbocycles. The molecule has 1 saturated heterocycles. The minimum absolute atomic E-state index is 0.154. The number of benzene rings is 1. The Hall–Kier alpha value is -1.83. The van der Waals surface area contributed by atoms with E-state index >= 15 is 0 Å². The Morgan fingerprint density at radius 3 is 2.27 bits per heavy atom. The van der Waals surface area contributed by atoms with Gasteiger partial charge in [0.15, 0.2) is 0 Å². The average Bonchev–Trinajstić information content (AvgIpc) is 3.00. The molecule has 1 aliphatic rings. The second kappa shape index (κ2) is 6.12. The molecule has 0 unspecified atom stereocenters. The van der Waals surface area contributed by atoms with Gasteiger partial charge in [-0.05, 0) is 36.4 Å². The van der Waals surface area contributed by atoms with Crippen LogP contribution in [0.4, 0.5) is 5.69 Å². The van der Waals surface area contributed by atoms with Crippen LogP contribution in [0.1, 0.15) is 5.69 Å². The lowest BCUT2D eigenvalue weighted by atomic mass is 10.2. The molecule has 0 bridgehead atoms. The second-order valence-corrected chi connectivity index (χ2v) is 7.06. The topological polar surface area (TPSA) is 82.4 Å². The second-order valence-electron chi connectivity index (χ2n) is 5.50. The Bertz CT molecular complexity index is 703. The van der Waals surface area contributed by atoms with Crippen molar-refractivity contribution in [3.63, 3.8) is 0 Å². The van der Waals surface area contributed by atoms with Crippen molar-refractivity contribution >= 4 is 15.7 Å². The minimum Gasteiger partial charge on any atom is -0.369 e. The smallest absolute Gasteiger partial charge is 0.238 e. The first-order valence-corrected chi connectivity index (χ1v) is 8.79. The number of primary sulfonamides is 1. The number of nitrogens with one attached hydrogen (secondary N) is 1. The van der Waals surface area contributed by atoms with E-state index in [0.717, 1.165) is 38.4 Å². The minimum atomic E-state index is -3.62. The van der Waals surface area contributed by atoms with Crippen LogP contribution in [0.3, 0.4) is 0 Å². The molecule has 0 radical (unpaired) electrons. The first-order chi connectivity index (χ1) is 10.5. The van der Waals surface area contributed by atoms with Crippen LogP contribution in [-0.4, -0.2) is 44.5 Å². The van der Waals surface area contributed by atoms with E-state index in [-0.39, 0.29) is 4.90 Å². The average molecular weight is 320 g/mol. The zero-order chi connectivity index (χ0) is 15.6. The van der Waals surface area contributed by atoms with E-state index in [1.807, 2.05) is 24.4 Å². The number of aromatic amines is 1. The molecular weight excluding hydrogens is 300 g/mol. The zero-order valence-corrected chi connectivity index (χ0v) is 13.1. The van der Waals surface area contributed by atoms with Crippen LogP contribution in [-0.2, 0) is 16.6 Å². The first-order valence-electron chi connectivity index (χ1n) is 7.25. The predicted molar refractivity (Wildman–Crippen MR) is 86.1 cm³/mol. The molecule has 7 heteroatoms. The summed E-state index contributed by atoms with van der Waals surface area (Å²) >= 11 is 0. The van der Waals surface area contributed by atoms with E-state index in [0.29, 0.717) is 0 Å². The monoisotopic (exact) mass is 320 g/mol. The van der Waals surface area contributed by atoms with Crippen LogP contribution in [0.15, 0.2) is 47.5 Å². The lowest BCUT2D eigenvalue weighted by Crippen LogP contribution is -2.46.